The number of hydrogen-bond acceptors (Lipinski definition) is 5. The molecule has 27 heavy (non-hydrogen) atoms. The number of anilines is 4. The van der Waals surface area contributed by atoms with E-state index in [1.807, 2.05) is 37.3 Å². The number of Topliss-reactive ketones (excluding diaryl/α,β-unsaturated/α-hetero) is 1. The maximum Gasteiger partial charge on any atom is 0.232 e. The van der Waals surface area contributed by atoms with E-state index in [0.29, 0.717) is 17.6 Å². The first-order chi connectivity index (χ1) is 13.0. The number of rotatable bonds is 4. The molecule has 0 radical (unpaired) electrons. The predicted molar refractivity (Wildman–Crippen MR) is 108 cm³/mol. The van der Waals surface area contributed by atoms with Gasteiger partial charge in [0.15, 0.2) is 5.78 Å². The Morgan fingerprint density at radius 2 is 1.85 bits per heavy atom. The summed E-state index contributed by atoms with van der Waals surface area (Å²) >= 11 is 0. The number of para-hydroxylation sites is 1. The summed E-state index contributed by atoms with van der Waals surface area (Å²) in [6.07, 6.45) is 0.989. The highest BCUT2D eigenvalue weighted by atomic mass is 16.1. The van der Waals surface area contributed by atoms with E-state index in [1.54, 1.807) is 6.92 Å². The van der Waals surface area contributed by atoms with Crippen LogP contribution in [0.5, 0.6) is 0 Å². The van der Waals surface area contributed by atoms with Gasteiger partial charge in [-0.3, -0.25) is 4.79 Å². The smallest absolute Gasteiger partial charge is 0.232 e. The van der Waals surface area contributed by atoms with Gasteiger partial charge in [0.2, 0.25) is 5.95 Å². The summed E-state index contributed by atoms with van der Waals surface area (Å²) in [5.41, 5.74) is 4.98. The molecule has 0 fully saturated rings. The number of aromatic nitrogens is 2. The predicted octanol–water partition coefficient (Wildman–Crippen LogP) is 4.81. The van der Waals surface area contributed by atoms with Crippen molar-refractivity contribution in [2.45, 2.75) is 33.2 Å². The Kier molecular flexibility index (Phi) is 4.36. The lowest BCUT2D eigenvalue weighted by Crippen LogP contribution is -2.26. The molecule has 1 aliphatic heterocycles. The third kappa shape index (κ3) is 3.40. The normalized spacial score (nSPS) is 15.5. The maximum absolute atomic E-state index is 11.4. The molecule has 1 aromatic heterocycles. The van der Waals surface area contributed by atoms with Crippen LogP contribution in [-0.2, 0) is 6.42 Å². The van der Waals surface area contributed by atoms with Gasteiger partial charge in [-0.05, 0) is 63.1 Å². The molecular formula is C22H22N4O. The number of aryl methyl sites for hydroxylation is 1. The molecule has 0 bridgehead atoms. The lowest BCUT2D eigenvalue weighted by Gasteiger charge is -2.23. The molecule has 5 nitrogen and oxygen atoms in total. The van der Waals surface area contributed by atoms with Gasteiger partial charge >= 0.3 is 0 Å². The van der Waals surface area contributed by atoms with Gasteiger partial charge in [-0.2, -0.15) is 4.98 Å². The Balaban J connectivity index is 1.65. The van der Waals surface area contributed by atoms with Gasteiger partial charge < -0.3 is 10.2 Å². The van der Waals surface area contributed by atoms with E-state index in [0.717, 1.165) is 23.6 Å². The van der Waals surface area contributed by atoms with E-state index in [9.17, 15) is 4.79 Å². The van der Waals surface area contributed by atoms with Crippen molar-refractivity contribution in [3.05, 3.63) is 71.4 Å². The summed E-state index contributed by atoms with van der Waals surface area (Å²) in [6.45, 7) is 5.73. The average Bonchev–Trinajstić information content (AvgIpc) is 2.97. The minimum atomic E-state index is 0.0587. The fraction of sp³-hybridized carbons (Fsp3) is 0.227. The molecule has 0 saturated heterocycles. The molecule has 4 rings (SSSR count). The molecule has 5 heteroatoms. The van der Waals surface area contributed by atoms with Gasteiger partial charge in [0.05, 0.1) is 0 Å². The zero-order valence-corrected chi connectivity index (χ0v) is 15.7. The average molecular weight is 358 g/mol. The third-order valence-electron chi connectivity index (χ3n) is 4.83. The Bertz CT molecular complexity index is 997. The van der Waals surface area contributed by atoms with Crippen LogP contribution in [0.1, 0.15) is 35.5 Å². The highest BCUT2D eigenvalue weighted by Crippen LogP contribution is 2.36. The number of ketones is 1. The summed E-state index contributed by atoms with van der Waals surface area (Å²) in [4.78, 5) is 23.1. The van der Waals surface area contributed by atoms with Crippen LogP contribution in [0.15, 0.2) is 54.6 Å². The van der Waals surface area contributed by atoms with Crippen molar-refractivity contribution >= 4 is 28.9 Å². The van der Waals surface area contributed by atoms with Crippen LogP contribution in [0.3, 0.4) is 0 Å². The first kappa shape index (κ1) is 17.2. The summed E-state index contributed by atoms with van der Waals surface area (Å²) in [5.74, 6) is 1.50. The van der Waals surface area contributed by atoms with Crippen molar-refractivity contribution in [2.75, 3.05) is 10.2 Å². The van der Waals surface area contributed by atoms with Gasteiger partial charge in [-0.15, -0.1) is 0 Å². The first-order valence-corrected chi connectivity index (χ1v) is 9.12. The lowest BCUT2D eigenvalue weighted by atomic mass is 10.1. The quantitative estimate of drug-likeness (QED) is 0.678. The molecule has 0 amide bonds. The van der Waals surface area contributed by atoms with Crippen molar-refractivity contribution < 1.29 is 4.79 Å². The number of hydrogen-bond donors (Lipinski definition) is 1. The van der Waals surface area contributed by atoms with Gasteiger partial charge in [0, 0.05) is 34.7 Å². The Morgan fingerprint density at radius 3 is 2.59 bits per heavy atom. The van der Waals surface area contributed by atoms with Crippen LogP contribution >= 0.6 is 0 Å². The standard InChI is InChI=1S/C22H22N4O/c1-14-12-21(24-19-10-8-17(9-11-19)16(3)27)25-22(23-14)26-15(2)13-18-6-4-5-7-20(18)26/h4-12,15H,13H2,1-3H3,(H,23,24,25). The lowest BCUT2D eigenvalue weighted by molar-refractivity contribution is 0.101. The van der Waals surface area contributed by atoms with Gasteiger partial charge in [-0.25, -0.2) is 4.98 Å². The molecule has 1 aliphatic rings. The number of nitrogens with one attached hydrogen (secondary N) is 1. The second-order valence-electron chi connectivity index (χ2n) is 7.00. The second-order valence-corrected chi connectivity index (χ2v) is 7.00. The van der Waals surface area contributed by atoms with E-state index >= 15 is 0 Å². The number of fused-ring (bicyclic) bond motifs is 1. The highest BCUT2D eigenvalue weighted by molar-refractivity contribution is 5.94. The topological polar surface area (TPSA) is 58.1 Å². The van der Waals surface area contributed by atoms with Gasteiger partial charge in [0.1, 0.15) is 5.82 Å². The molecule has 3 aromatic rings. The number of carbonyl (C=O) groups is 1. The summed E-state index contributed by atoms with van der Waals surface area (Å²) in [7, 11) is 0. The maximum atomic E-state index is 11.4. The van der Waals surface area contributed by atoms with Crippen molar-refractivity contribution in [2.24, 2.45) is 0 Å². The number of nitrogens with zero attached hydrogens (tertiary/aromatic N) is 3. The van der Waals surface area contributed by atoms with Crippen molar-refractivity contribution in [1.29, 1.82) is 0 Å². The Morgan fingerprint density at radius 1 is 1.11 bits per heavy atom. The molecule has 2 aromatic carbocycles. The molecule has 1 N–H and O–H groups in total. The van der Waals surface area contributed by atoms with Crippen molar-refractivity contribution in [1.82, 2.24) is 9.97 Å². The molecule has 1 unspecified atom stereocenters. The molecule has 2 heterocycles. The van der Waals surface area contributed by atoms with E-state index in [4.69, 9.17) is 4.98 Å². The molecule has 0 aliphatic carbocycles. The van der Waals surface area contributed by atoms with E-state index in [-0.39, 0.29) is 5.78 Å². The summed E-state index contributed by atoms with van der Waals surface area (Å²) < 4.78 is 0. The van der Waals surface area contributed by atoms with Crippen molar-refractivity contribution in [3.8, 4) is 0 Å². The van der Waals surface area contributed by atoms with Gasteiger partial charge in [0.25, 0.3) is 0 Å². The SMILES string of the molecule is CC(=O)c1ccc(Nc2cc(C)nc(N3c4ccccc4CC3C)n2)cc1. The van der Waals surface area contributed by atoms with Crippen LogP contribution in [0.25, 0.3) is 0 Å². The third-order valence-corrected chi connectivity index (χ3v) is 4.83. The summed E-state index contributed by atoms with van der Waals surface area (Å²) in [5, 5.41) is 3.32. The van der Waals surface area contributed by atoms with Crippen LogP contribution in [0.2, 0.25) is 0 Å². The molecule has 0 saturated carbocycles. The van der Waals surface area contributed by atoms with Crippen LogP contribution in [0, 0.1) is 6.92 Å². The van der Waals surface area contributed by atoms with E-state index < -0.39 is 0 Å². The fourth-order valence-corrected chi connectivity index (χ4v) is 3.53. The summed E-state index contributed by atoms with van der Waals surface area (Å²) in [6, 6.07) is 18.1. The molecular weight excluding hydrogens is 336 g/mol. The van der Waals surface area contributed by atoms with Crippen LogP contribution in [-0.4, -0.2) is 21.8 Å². The highest BCUT2D eigenvalue weighted by Gasteiger charge is 2.29. The minimum Gasteiger partial charge on any atom is -0.340 e. The van der Waals surface area contributed by atoms with E-state index in [1.165, 1.54) is 11.3 Å². The number of benzene rings is 2. The first-order valence-electron chi connectivity index (χ1n) is 9.12. The molecule has 136 valence electrons. The zero-order chi connectivity index (χ0) is 19.0. The monoisotopic (exact) mass is 358 g/mol. The van der Waals surface area contributed by atoms with E-state index in [2.05, 4.69) is 46.4 Å². The molecule has 0 spiro atoms. The molecule has 1 atom stereocenters. The minimum absolute atomic E-state index is 0.0587. The number of carbonyl (C=O) groups excluding carboxylic acids is 1. The second kappa shape index (κ2) is 6.83. The van der Waals surface area contributed by atoms with Crippen LogP contribution in [0.4, 0.5) is 23.1 Å². The van der Waals surface area contributed by atoms with Crippen molar-refractivity contribution in [3.63, 3.8) is 0 Å². The van der Waals surface area contributed by atoms with Crippen LogP contribution < -0.4 is 10.2 Å². The Labute approximate surface area is 159 Å². The zero-order valence-electron chi connectivity index (χ0n) is 15.7. The Hall–Kier alpha value is -3.21. The largest absolute Gasteiger partial charge is 0.340 e. The fourth-order valence-electron chi connectivity index (χ4n) is 3.53. The van der Waals surface area contributed by atoms with Gasteiger partial charge in [-0.1, -0.05) is 18.2 Å².